The quantitative estimate of drug-likeness (QED) is 0.104. The van der Waals surface area contributed by atoms with Crippen LogP contribution in [-0.4, -0.2) is 59.6 Å². The summed E-state index contributed by atoms with van der Waals surface area (Å²) < 4.78 is 51.9. The minimum Gasteiger partial charge on any atom is -0.390 e. The van der Waals surface area contributed by atoms with Crippen LogP contribution >= 0.6 is 23.5 Å². The normalized spacial score (nSPS) is 24.1. The third-order valence-corrected chi connectivity index (χ3v) is 7.84. The number of unbranched alkanes of at least 4 members (excludes halogenated alkanes) is 1. The molecule has 34 heavy (non-hydrogen) atoms. The summed E-state index contributed by atoms with van der Waals surface area (Å²) in [5.74, 6) is 5.44. The zero-order valence-corrected chi connectivity index (χ0v) is 19.9. The molecule has 5 atom stereocenters. The zero-order chi connectivity index (χ0) is 25.7. The number of aromatic nitrogens is 2. The van der Waals surface area contributed by atoms with E-state index < -0.39 is 54.2 Å². The van der Waals surface area contributed by atoms with E-state index in [-0.39, 0.29) is 17.8 Å². The molecule has 1 saturated heterocycles. The Hall–Kier alpha value is -1.47. The lowest BCUT2D eigenvalue weighted by atomic mass is 10.2. The van der Waals surface area contributed by atoms with E-state index in [1.807, 2.05) is 0 Å². The van der Waals surface area contributed by atoms with Gasteiger partial charge in [-0.2, -0.15) is 13.6 Å². The lowest BCUT2D eigenvalue weighted by Gasteiger charge is -2.19. The van der Waals surface area contributed by atoms with Crippen LogP contribution in [0.4, 0.5) is 5.82 Å². The van der Waals surface area contributed by atoms with Gasteiger partial charge in [-0.25, -0.2) is 18.5 Å². The van der Waals surface area contributed by atoms with Gasteiger partial charge >= 0.3 is 29.2 Å². The predicted octanol–water partition coefficient (Wildman–Crippen LogP) is -1.09. The number of nitrogens with zero attached hydrogens (tertiary/aromatic N) is 2. The molecule has 1 aliphatic heterocycles. The van der Waals surface area contributed by atoms with Crippen LogP contribution in [0.3, 0.4) is 0 Å². The number of hydrogen-bond acceptors (Lipinski definition) is 12. The summed E-state index contributed by atoms with van der Waals surface area (Å²) in [6, 6.07) is 0. The summed E-state index contributed by atoms with van der Waals surface area (Å²) in [6.07, 6.45) is -1.54. The Kier molecular flexibility index (Phi) is 9.74. The second kappa shape index (κ2) is 11.5. The maximum absolute atomic E-state index is 12.2. The van der Waals surface area contributed by atoms with E-state index >= 15 is 0 Å². The molecule has 1 fully saturated rings. The van der Waals surface area contributed by atoms with Crippen LogP contribution in [0.15, 0.2) is 11.0 Å². The third-order valence-electron chi connectivity index (χ3n) is 4.04. The number of anilines is 1. The summed E-state index contributed by atoms with van der Waals surface area (Å²) in [5.41, 5.74) is 10.5. The minimum atomic E-state index is -5.69. The van der Waals surface area contributed by atoms with E-state index in [9.17, 15) is 28.5 Å². The molecule has 0 saturated carbocycles. The second-order valence-corrected chi connectivity index (χ2v) is 11.2. The molecule has 1 aliphatic rings. The Balaban J connectivity index is 2.07. The molecule has 1 aromatic heterocycles. The molecule has 0 aliphatic carbocycles. The molecular weight excluding hydrogens is 525 g/mol. The number of phosphoric acid groups is 3. The van der Waals surface area contributed by atoms with Crippen molar-refractivity contribution in [2.75, 3.05) is 18.9 Å². The van der Waals surface area contributed by atoms with Crippen LogP contribution in [0.25, 0.3) is 0 Å². The maximum atomic E-state index is 12.2. The Bertz CT molecular complexity index is 1140. The molecule has 2 rings (SSSR count). The van der Waals surface area contributed by atoms with Gasteiger partial charge in [0, 0.05) is 19.0 Å². The highest BCUT2D eigenvalue weighted by molar-refractivity contribution is 7.66. The molecule has 1 aromatic rings. The molecule has 0 spiro atoms. The molecule has 2 unspecified atom stereocenters. The number of phosphoric ester groups is 1. The van der Waals surface area contributed by atoms with Crippen molar-refractivity contribution in [1.82, 2.24) is 9.55 Å². The van der Waals surface area contributed by atoms with E-state index in [1.165, 1.54) is 6.20 Å². The van der Waals surface area contributed by atoms with E-state index in [2.05, 4.69) is 30.0 Å². The Labute approximate surface area is 192 Å². The van der Waals surface area contributed by atoms with Gasteiger partial charge in [0.15, 0.2) is 0 Å². The van der Waals surface area contributed by atoms with Crippen molar-refractivity contribution >= 4 is 29.3 Å². The van der Waals surface area contributed by atoms with Crippen molar-refractivity contribution in [3.8, 4) is 11.8 Å². The van der Waals surface area contributed by atoms with Crippen molar-refractivity contribution in [3.05, 3.63) is 22.2 Å². The number of nitrogens with two attached hydrogens (primary N) is 2. The van der Waals surface area contributed by atoms with Gasteiger partial charge in [0.25, 0.3) is 0 Å². The molecule has 0 aromatic carbocycles. The molecule has 17 nitrogen and oxygen atoms in total. The molecule has 20 heteroatoms. The standard InChI is InChI=1S/C14H23N4O13P3/c15-5-3-1-2-4-9-7-18(14(20)17-13(9)16)12-6-10(19)11(29-12)8-28-33(24,25)31-34(26,27)30-32(21,22)23/h7,10-12,19H,1,3,5-6,8,15H2,(H,24,25)(H,26,27)(H2,16,17,20)(H2,21,22,23)/t10-,11+,12+/m0/s1. The van der Waals surface area contributed by atoms with Crippen molar-refractivity contribution in [1.29, 1.82) is 0 Å². The SMILES string of the molecule is NCCCC#Cc1cn([C@H]2C[C@H](O)[C@@H](COP(=O)(O)OP(=O)(O)OP(=O)(O)O)O2)c(=O)nc1N. The van der Waals surface area contributed by atoms with Crippen molar-refractivity contribution in [2.45, 2.75) is 37.7 Å². The number of hydrogen-bond donors (Lipinski definition) is 7. The van der Waals surface area contributed by atoms with Crippen LogP contribution in [0, 0.1) is 11.8 Å². The summed E-state index contributed by atoms with van der Waals surface area (Å²) in [6.45, 7) is -0.443. The third kappa shape index (κ3) is 8.95. The molecule has 9 N–H and O–H groups in total. The first-order chi connectivity index (χ1) is 15.6. The van der Waals surface area contributed by atoms with Crippen molar-refractivity contribution in [3.63, 3.8) is 0 Å². The summed E-state index contributed by atoms with van der Waals surface area (Å²) in [7, 11) is -16.6. The zero-order valence-electron chi connectivity index (χ0n) is 17.2. The topological polar surface area (TPSA) is 276 Å². The lowest BCUT2D eigenvalue weighted by molar-refractivity contribution is -0.0449. The minimum absolute atomic E-state index is 0.121. The fourth-order valence-electron chi connectivity index (χ4n) is 2.64. The van der Waals surface area contributed by atoms with Crippen LogP contribution < -0.4 is 17.2 Å². The monoisotopic (exact) mass is 548 g/mol. The highest BCUT2D eigenvalue weighted by atomic mass is 31.3. The Morgan fingerprint density at radius 1 is 1.21 bits per heavy atom. The molecule has 0 radical (unpaired) electrons. The first kappa shape index (κ1) is 28.8. The van der Waals surface area contributed by atoms with Gasteiger partial charge in [-0.15, -0.1) is 0 Å². The first-order valence-electron chi connectivity index (χ1n) is 9.32. The number of nitrogen functional groups attached to an aromatic ring is 1. The van der Waals surface area contributed by atoms with Crippen LogP contribution in [0.5, 0.6) is 0 Å². The van der Waals surface area contributed by atoms with Gasteiger partial charge in [-0.3, -0.25) is 9.09 Å². The number of aliphatic hydroxyl groups excluding tert-OH is 1. The summed E-state index contributed by atoms with van der Waals surface area (Å²) in [4.78, 5) is 51.6. The van der Waals surface area contributed by atoms with E-state index in [0.717, 1.165) is 4.57 Å². The number of rotatable bonds is 10. The summed E-state index contributed by atoms with van der Waals surface area (Å²) >= 11 is 0. The molecule has 192 valence electrons. The van der Waals surface area contributed by atoms with Crippen molar-refractivity contribution in [2.24, 2.45) is 5.73 Å². The fourth-order valence-corrected chi connectivity index (χ4v) is 5.67. The maximum Gasteiger partial charge on any atom is 0.490 e. The average Bonchev–Trinajstić information content (AvgIpc) is 3.02. The van der Waals surface area contributed by atoms with Gasteiger partial charge in [0.1, 0.15) is 18.1 Å². The van der Waals surface area contributed by atoms with Gasteiger partial charge in [0.2, 0.25) is 0 Å². The van der Waals surface area contributed by atoms with Gasteiger partial charge in [0.05, 0.1) is 18.3 Å². The van der Waals surface area contributed by atoms with Gasteiger partial charge < -0.3 is 40.9 Å². The molecule has 0 amide bonds. The van der Waals surface area contributed by atoms with Gasteiger partial charge in [-0.05, 0) is 13.0 Å². The largest absolute Gasteiger partial charge is 0.490 e. The predicted molar refractivity (Wildman–Crippen MR) is 112 cm³/mol. The van der Waals surface area contributed by atoms with Crippen LogP contribution in [0.1, 0.15) is 31.1 Å². The highest BCUT2D eigenvalue weighted by Gasteiger charge is 2.43. The fraction of sp³-hybridized carbons (Fsp3) is 0.571. The highest BCUT2D eigenvalue weighted by Crippen LogP contribution is 2.66. The van der Waals surface area contributed by atoms with E-state index in [0.29, 0.717) is 19.4 Å². The second-order valence-electron chi connectivity index (χ2n) is 6.74. The van der Waals surface area contributed by atoms with Gasteiger partial charge in [-0.1, -0.05) is 11.8 Å². The van der Waals surface area contributed by atoms with Crippen LogP contribution in [-0.2, 0) is 31.6 Å². The van der Waals surface area contributed by atoms with E-state index in [1.54, 1.807) is 0 Å². The van der Waals surface area contributed by atoms with Crippen molar-refractivity contribution < 1.29 is 56.3 Å². The smallest absolute Gasteiger partial charge is 0.390 e. The lowest BCUT2D eigenvalue weighted by Crippen LogP contribution is -2.29. The molecule has 0 bridgehead atoms. The van der Waals surface area contributed by atoms with Crippen LogP contribution in [0.2, 0.25) is 0 Å². The Morgan fingerprint density at radius 2 is 1.88 bits per heavy atom. The molecular formula is C14H23N4O13P3. The molecule has 2 heterocycles. The number of ether oxygens (including phenoxy) is 1. The average molecular weight is 548 g/mol. The van der Waals surface area contributed by atoms with E-state index in [4.69, 9.17) is 30.9 Å². The summed E-state index contributed by atoms with van der Waals surface area (Å²) in [5, 5.41) is 10.2. The first-order valence-corrected chi connectivity index (χ1v) is 13.8. The number of aliphatic hydroxyl groups is 1. The Morgan fingerprint density at radius 3 is 2.50 bits per heavy atom.